The predicted molar refractivity (Wildman–Crippen MR) is 230 cm³/mol. The van der Waals surface area contributed by atoms with Crippen molar-refractivity contribution >= 4 is 65.7 Å². The SMILES string of the molecule is c1ccc(-c2nc(-c3ccc(-c4ccc5c(c4)oc4cccc(-c6ccccc6)c45)cc3)nc(-n3c4ccccc4c4cc5oc6ccccc6c5cc43)n2)cc1. The van der Waals surface area contributed by atoms with Crippen molar-refractivity contribution in [3.05, 3.63) is 182 Å². The van der Waals surface area contributed by atoms with Gasteiger partial charge in [0.1, 0.15) is 22.3 Å². The maximum absolute atomic E-state index is 6.44. The fraction of sp³-hybridized carbons (Fsp3) is 0. The van der Waals surface area contributed by atoms with Crippen LogP contribution in [0.25, 0.3) is 117 Å². The molecule has 0 N–H and O–H groups in total. The number of rotatable bonds is 5. The molecule has 0 saturated heterocycles. The van der Waals surface area contributed by atoms with Crippen LogP contribution < -0.4 is 0 Å². The van der Waals surface area contributed by atoms with Crippen molar-refractivity contribution in [2.24, 2.45) is 0 Å². The summed E-state index contributed by atoms with van der Waals surface area (Å²) in [5, 5.41) is 6.52. The molecule has 57 heavy (non-hydrogen) atoms. The maximum atomic E-state index is 6.44. The molecule has 0 radical (unpaired) electrons. The Morgan fingerprint density at radius 3 is 1.75 bits per heavy atom. The first kappa shape index (κ1) is 31.5. The Balaban J connectivity index is 0.995. The van der Waals surface area contributed by atoms with Gasteiger partial charge in [-0.2, -0.15) is 9.97 Å². The van der Waals surface area contributed by atoms with Crippen LogP contribution >= 0.6 is 0 Å². The summed E-state index contributed by atoms with van der Waals surface area (Å²) in [4.78, 5) is 15.4. The van der Waals surface area contributed by atoms with Crippen LogP contribution in [0.1, 0.15) is 0 Å². The number of hydrogen-bond acceptors (Lipinski definition) is 5. The Bertz CT molecular complexity index is 3510. The molecule has 4 heterocycles. The van der Waals surface area contributed by atoms with Crippen molar-refractivity contribution < 1.29 is 8.83 Å². The lowest BCUT2D eigenvalue weighted by Crippen LogP contribution is -2.06. The first-order valence-electron chi connectivity index (χ1n) is 19.0. The summed E-state index contributed by atoms with van der Waals surface area (Å²) in [6.07, 6.45) is 0. The topological polar surface area (TPSA) is 69.9 Å². The highest BCUT2D eigenvalue weighted by atomic mass is 16.3. The van der Waals surface area contributed by atoms with E-state index in [1.807, 2.05) is 60.7 Å². The second-order valence-corrected chi connectivity index (χ2v) is 14.4. The van der Waals surface area contributed by atoms with Gasteiger partial charge in [-0.3, -0.25) is 4.57 Å². The Morgan fingerprint density at radius 2 is 0.947 bits per heavy atom. The highest BCUT2D eigenvalue weighted by molar-refractivity contribution is 6.17. The van der Waals surface area contributed by atoms with E-state index in [1.165, 1.54) is 11.1 Å². The summed E-state index contributed by atoms with van der Waals surface area (Å²) in [6.45, 7) is 0. The highest BCUT2D eigenvalue weighted by Crippen LogP contribution is 2.40. The first-order valence-corrected chi connectivity index (χ1v) is 19.0. The number of benzene rings is 8. The van der Waals surface area contributed by atoms with Gasteiger partial charge in [-0.1, -0.05) is 140 Å². The fourth-order valence-electron chi connectivity index (χ4n) is 8.39. The van der Waals surface area contributed by atoms with Crippen molar-refractivity contribution in [1.29, 1.82) is 0 Å². The van der Waals surface area contributed by atoms with E-state index in [2.05, 4.69) is 126 Å². The lowest BCUT2D eigenvalue weighted by atomic mass is 9.98. The summed E-state index contributed by atoms with van der Waals surface area (Å²) < 4.78 is 14.9. The quantitative estimate of drug-likeness (QED) is 0.176. The van der Waals surface area contributed by atoms with Crippen molar-refractivity contribution in [3.63, 3.8) is 0 Å². The average Bonchev–Trinajstić information content (AvgIpc) is 3.95. The molecule has 0 aliphatic rings. The molecule has 12 aromatic rings. The lowest BCUT2D eigenvalue weighted by molar-refractivity contribution is 0.669. The van der Waals surface area contributed by atoms with Gasteiger partial charge in [0.15, 0.2) is 11.6 Å². The van der Waals surface area contributed by atoms with E-state index in [-0.39, 0.29) is 0 Å². The van der Waals surface area contributed by atoms with Crippen molar-refractivity contribution in [2.45, 2.75) is 0 Å². The molecule has 0 aliphatic carbocycles. The average molecular weight is 731 g/mol. The third kappa shape index (κ3) is 5.01. The van der Waals surface area contributed by atoms with Gasteiger partial charge in [0, 0.05) is 43.4 Å². The van der Waals surface area contributed by atoms with Crippen LogP contribution in [0.15, 0.2) is 191 Å². The van der Waals surface area contributed by atoms with Crippen LogP contribution in [0.2, 0.25) is 0 Å². The number of fused-ring (bicyclic) bond motifs is 9. The monoisotopic (exact) mass is 730 g/mol. The van der Waals surface area contributed by atoms with Gasteiger partial charge >= 0.3 is 0 Å². The van der Waals surface area contributed by atoms with E-state index in [0.717, 1.165) is 87.9 Å². The highest BCUT2D eigenvalue weighted by Gasteiger charge is 2.20. The minimum absolute atomic E-state index is 0.548. The van der Waals surface area contributed by atoms with E-state index in [9.17, 15) is 0 Å². The molecule has 12 rings (SSSR count). The zero-order valence-electron chi connectivity index (χ0n) is 30.4. The van der Waals surface area contributed by atoms with Crippen LogP contribution in [0.5, 0.6) is 0 Å². The molecule has 0 spiro atoms. The summed E-state index contributed by atoms with van der Waals surface area (Å²) in [6, 6.07) is 62.7. The Morgan fingerprint density at radius 1 is 0.333 bits per heavy atom. The fourth-order valence-corrected chi connectivity index (χ4v) is 8.39. The van der Waals surface area contributed by atoms with Crippen LogP contribution in [0.4, 0.5) is 0 Å². The van der Waals surface area contributed by atoms with E-state index < -0.39 is 0 Å². The van der Waals surface area contributed by atoms with Gasteiger partial charge in [0.2, 0.25) is 5.95 Å². The summed E-state index contributed by atoms with van der Waals surface area (Å²) in [5.74, 6) is 1.74. The number of para-hydroxylation sites is 2. The zero-order chi connectivity index (χ0) is 37.5. The molecular formula is C51H30N4O2. The minimum Gasteiger partial charge on any atom is -0.456 e. The van der Waals surface area contributed by atoms with Gasteiger partial charge in [0.25, 0.3) is 0 Å². The molecule has 0 amide bonds. The number of aromatic nitrogens is 4. The van der Waals surface area contributed by atoms with Crippen molar-refractivity contribution in [1.82, 2.24) is 19.5 Å². The Hall–Kier alpha value is -7.83. The molecule has 6 heteroatoms. The van der Waals surface area contributed by atoms with E-state index in [1.54, 1.807) is 0 Å². The summed E-state index contributed by atoms with van der Waals surface area (Å²) in [5.41, 5.74) is 11.7. The van der Waals surface area contributed by atoms with E-state index >= 15 is 0 Å². The van der Waals surface area contributed by atoms with Crippen LogP contribution in [0.3, 0.4) is 0 Å². The zero-order valence-corrected chi connectivity index (χ0v) is 30.4. The van der Waals surface area contributed by atoms with Gasteiger partial charge in [-0.05, 0) is 64.7 Å². The number of hydrogen-bond donors (Lipinski definition) is 0. The largest absolute Gasteiger partial charge is 0.456 e. The van der Waals surface area contributed by atoms with E-state index in [4.69, 9.17) is 23.8 Å². The van der Waals surface area contributed by atoms with Crippen molar-refractivity contribution in [3.8, 4) is 51.0 Å². The van der Waals surface area contributed by atoms with Gasteiger partial charge < -0.3 is 8.83 Å². The maximum Gasteiger partial charge on any atom is 0.238 e. The molecule has 0 aliphatic heterocycles. The molecule has 0 fully saturated rings. The Kier molecular flexibility index (Phi) is 6.83. The standard InChI is InChI=1S/C51H30N4O2/c1-3-12-32(13-4-1)36-18-11-21-45-48(36)39-27-26-35(28-46(39)57-45)31-22-24-34(25-23-31)50-52-49(33-14-5-2-6-15-33)53-51(54-50)55-42-19-9-7-16-37(42)40-30-47-41(29-43(40)55)38-17-8-10-20-44(38)56-47/h1-30H. The molecule has 0 unspecified atom stereocenters. The van der Waals surface area contributed by atoms with E-state index in [0.29, 0.717) is 17.6 Å². The minimum atomic E-state index is 0.548. The smallest absolute Gasteiger partial charge is 0.238 e. The van der Waals surface area contributed by atoms with Gasteiger partial charge in [-0.25, -0.2) is 4.98 Å². The number of nitrogens with zero attached hydrogens (tertiary/aromatic N) is 4. The van der Waals surface area contributed by atoms with Crippen LogP contribution in [0, 0.1) is 0 Å². The van der Waals surface area contributed by atoms with Crippen LogP contribution in [-0.4, -0.2) is 19.5 Å². The normalized spacial score (nSPS) is 11.9. The van der Waals surface area contributed by atoms with Crippen molar-refractivity contribution in [2.75, 3.05) is 0 Å². The summed E-state index contributed by atoms with van der Waals surface area (Å²) >= 11 is 0. The Labute approximate surface area is 325 Å². The first-order chi connectivity index (χ1) is 28.2. The molecular weight excluding hydrogens is 701 g/mol. The second kappa shape index (κ2) is 12.3. The summed E-state index contributed by atoms with van der Waals surface area (Å²) in [7, 11) is 0. The van der Waals surface area contributed by atoms with Gasteiger partial charge in [0.05, 0.1) is 11.0 Å². The third-order valence-corrected chi connectivity index (χ3v) is 11.1. The molecule has 6 nitrogen and oxygen atoms in total. The second-order valence-electron chi connectivity index (χ2n) is 14.4. The third-order valence-electron chi connectivity index (χ3n) is 11.1. The molecule has 266 valence electrons. The predicted octanol–water partition coefficient (Wildman–Crippen LogP) is 13.4. The molecule has 0 saturated carbocycles. The molecule has 0 atom stereocenters. The molecule has 0 bridgehead atoms. The molecule has 4 aromatic heterocycles. The lowest BCUT2D eigenvalue weighted by Gasteiger charge is -2.11. The van der Waals surface area contributed by atoms with Crippen LogP contribution in [-0.2, 0) is 0 Å². The molecule has 8 aromatic carbocycles. The van der Waals surface area contributed by atoms with Gasteiger partial charge in [-0.15, -0.1) is 0 Å². The number of furan rings is 2.